The van der Waals surface area contributed by atoms with Gasteiger partial charge in [-0.15, -0.1) is 0 Å². The minimum atomic E-state index is 0.559. The van der Waals surface area contributed by atoms with Crippen LogP contribution in [0.25, 0.3) is 28.1 Å². The first-order valence-corrected chi connectivity index (χ1v) is 10.8. The molecule has 0 aliphatic carbocycles. The number of hydrogen-bond donors (Lipinski definition) is 1. The van der Waals surface area contributed by atoms with E-state index < -0.39 is 0 Å². The van der Waals surface area contributed by atoms with Gasteiger partial charge in [0.25, 0.3) is 0 Å². The molecule has 5 rings (SSSR count). The van der Waals surface area contributed by atoms with Gasteiger partial charge in [0.1, 0.15) is 18.2 Å². The predicted molar refractivity (Wildman–Crippen MR) is 125 cm³/mol. The van der Waals surface area contributed by atoms with Crippen LogP contribution < -0.4 is 4.74 Å². The third-order valence-electron chi connectivity index (χ3n) is 5.79. The maximum Gasteiger partial charge on any atom is 0.178 e. The summed E-state index contributed by atoms with van der Waals surface area (Å²) >= 11 is 0. The summed E-state index contributed by atoms with van der Waals surface area (Å²) in [6.45, 7) is 5.94. The normalized spacial score (nSPS) is 14.5. The maximum atomic E-state index is 5.89. The molecule has 3 heterocycles. The van der Waals surface area contributed by atoms with Crippen LogP contribution in [-0.2, 0) is 6.61 Å². The molecule has 0 atom stereocenters. The van der Waals surface area contributed by atoms with Crippen molar-refractivity contribution in [1.29, 1.82) is 0 Å². The van der Waals surface area contributed by atoms with Crippen molar-refractivity contribution < 1.29 is 4.74 Å². The second kappa shape index (κ2) is 8.74. The van der Waals surface area contributed by atoms with E-state index in [9.17, 15) is 0 Å². The lowest BCUT2D eigenvalue weighted by Gasteiger charge is -2.24. The Morgan fingerprint density at radius 3 is 2.55 bits per heavy atom. The molecule has 0 saturated heterocycles. The largest absolute Gasteiger partial charge is 0.489 e. The first-order valence-electron chi connectivity index (χ1n) is 10.8. The summed E-state index contributed by atoms with van der Waals surface area (Å²) in [4.78, 5) is 15.4. The minimum absolute atomic E-state index is 0.559. The van der Waals surface area contributed by atoms with Crippen LogP contribution in [0, 0.1) is 0 Å². The quantitative estimate of drug-likeness (QED) is 0.468. The van der Waals surface area contributed by atoms with Crippen molar-refractivity contribution in [3.63, 3.8) is 0 Å². The molecular weight excluding hydrogens is 384 g/mol. The van der Waals surface area contributed by atoms with E-state index in [-0.39, 0.29) is 0 Å². The van der Waals surface area contributed by atoms with Gasteiger partial charge in [-0.3, -0.25) is 4.90 Å². The molecule has 5 heteroatoms. The van der Waals surface area contributed by atoms with Gasteiger partial charge in [0.2, 0.25) is 0 Å². The summed E-state index contributed by atoms with van der Waals surface area (Å²) in [5.74, 6) is 1.67. The van der Waals surface area contributed by atoms with E-state index in [2.05, 4.69) is 47.1 Å². The fraction of sp³-hybridized carbons (Fsp3) is 0.231. The van der Waals surface area contributed by atoms with Gasteiger partial charge in [-0.1, -0.05) is 43.3 Å². The van der Waals surface area contributed by atoms with Crippen LogP contribution in [0.5, 0.6) is 5.75 Å². The van der Waals surface area contributed by atoms with E-state index in [1.54, 1.807) is 0 Å². The van der Waals surface area contributed by atoms with Crippen LogP contribution in [0.1, 0.15) is 24.6 Å². The smallest absolute Gasteiger partial charge is 0.178 e. The standard InChI is InChI=1S/C26H26N4O/c1-2-30-16-14-20(15-17-30)23-12-13-24-26(27-23)29-25(28-24)21-8-10-22(11-9-21)31-18-19-6-4-3-5-7-19/h3-14H,2,15-18H2,1H3,(H,27,28,29). The van der Waals surface area contributed by atoms with Gasteiger partial charge in [0.05, 0.1) is 11.2 Å². The van der Waals surface area contributed by atoms with Gasteiger partial charge in [-0.2, -0.15) is 0 Å². The zero-order valence-corrected chi connectivity index (χ0v) is 17.7. The highest BCUT2D eigenvalue weighted by Gasteiger charge is 2.14. The molecule has 5 nitrogen and oxygen atoms in total. The number of nitrogens with zero attached hydrogens (tertiary/aromatic N) is 3. The summed E-state index contributed by atoms with van der Waals surface area (Å²) in [6.07, 6.45) is 3.33. The lowest BCUT2D eigenvalue weighted by molar-refractivity contribution is 0.306. The summed E-state index contributed by atoms with van der Waals surface area (Å²) in [6, 6.07) is 22.4. The number of ether oxygens (including phenoxy) is 1. The number of pyridine rings is 1. The Hall–Kier alpha value is -3.44. The van der Waals surface area contributed by atoms with E-state index in [1.807, 2.05) is 42.5 Å². The van der Waals surface area contributed by atoms with E-state index in [1.165, 1.54) is 5.57 Å². The average Bonchev–Trinajstić information content (AvgIpc) is 3.27. The Labute approximate surface area is 182 Å². The Morgan fingerprint density at radius 2 is 1.81 bits per heavy atom. The lowest BCUT2D eigenvalue weighted by Crippen LogP contribution is -2.28. The lowest BCUT2D eigenvalue weighted by atomic mass is 10.0. The third kappa shape index (κ3) is 4.37. The third-order valence-corrected chi connectivity index (χ3v) is 5.79. The second-order valence-corrected chi connectivity index (χ2v) is 7.82. The zero-order valence-electron chi connectivity index (χ0n) is 17.7. The van der Waals surface area contributed by atoms with Crippen molar-refractivity contribution >= 4 is 16.7 Å². The number of nitrogens with one attached hydrogen (secondary N) is 1. The molecule has 31 heavy (non-hydrogen) atoms. The molecule has 156 valence electrons. The minimum Gasteiger partial charge on any atom is -0.489 e. The van der Waals surface area contributed by atoms with Gasteiger partial charge in [0.15, 0.2) is 5.65 Å². The van der Waals surface area contributed by atoms with Gasteiger partial charge in [-0.05, 0) is 60.5 Å². The Bertz CT molecular complexity index is 1200. The van der Waals surface area contributed by atoms with Crippen LogP contribution in [-0.4, -0.2) is 39.5 Å². The number of H-pyrrole nitrogens is 1. The molecular formula is C26H26N4O. The number of hydrogen-bond acceptors (Lipinski definition) is 4. The number of imidazole rings is 1. The van der Waals surface area contributed by atoms with Gasteiger partial charge in [0, 0.05) is 18.7 Å². The predicted octanol–water partition coefficient (Wildman–Crippen LogP) is 5.31. The molecule has 0 saturated carbocycles. The van der Waals surface area contributed by atoms with Crippen LogP contribution >= 0.6 is 0 Å². The summed E-state index contributed by atoms with van der Waals surface area (Å²) in [7, 11) is 0. The van der Waals surface area contributed by atoms with Crippen LogP contribution in [0.3, 0.4) is 0 Å². The van der Waals surface area contributed by atoms with E-state index in [4.69, 9.17) is 14.7 Å². The summed E-state index contributed by atoms with van der Waals surface area (Å²) < 4.78 is 5.89. The summed E-state index contributed by atoms with van der Waals surface area (Å²) in [5.41, 5.74) is 6.23. The van der Waals surface area contributed by atoms with E-state index in [0.717, 1.165) is 65.6 Å². The van der Waals surface area contributed by atoms with Crippen molar-refractivity contribution in [3.05, 3.63) is 84.1 Å². The molecule has 1 N–H and O–H groups in total. The van der Waals surface area contributed by atoms with Crippen molar-refractivity contribution in [2.24, 2.45) is 0 Å². The number of rotatable bonds is 6. The first-order chi connectivity index (χ1) is 15.3. The number of likely N-dealkylation sites (N-methyl/N-ethyl adjacent to an activating group) is 1. The number of fused-ring (bicyclic) bond motifs is 1. The molecule has 0 fully saturated rings. The highest BCUT2D eigenvalue weighted by Crippen LogP contribution is 2.26. The molecule has 0 amide bonds. The highest BCUT2D eigenvalue weighted by atomic mass is 16.5. The average molecular weight is 411 g/mol. The van der Waals surface area contributed by atoms with Crippen LogP contribution in [0.4, 0.5) is 0 Å². The highest BCUT2D eigenvalue weighted by molar-refractivity contribution is 5.78. The second-order valence-electron chi connectivity index (χ2n) is 7.82. The molecule has 0 unspecified atom stereocenters. The molecule has 0 bridgehead atoms. The van der Waals surface area contributed by atoms with Crippen molar-refractivity contribution in [3.8, 4) is 17.1 Å². The molecule has 4 aromatic rings. The van der Waals surface area contributed by atoms with Crippen molar-refractivity contribution in [1.82, 2.24) is 19.9 Å². The molecule has 2 aromatic heterocycles. The monoisotopic (exact) mass is 410 g/mol. The first kappa shape index (κ1) is 19.5. The molecule has 0 radical (unpaired) electrons. The Kier molecular flexibility index (Phi) is 5.50. The fourth-order valence-corrected chi connectivity index (χ4v) is 3.89. The summed E-state index contributed by atoms with van der Waals surface area (Å²) in [5, 5.41) is 0. The number of aromatic nitrogens is 3. The van der Waals surface area contributed by atoms with Gasteiger partial charge in [-0.25, -0.2) is 9.97 Å². The Morgan fingerprint density at radius 1 is 0.968 bits per heavy atom. The van der Waals surface area contributed by atoms with Crippen LogP contribution in [0.2, 0.25) is 0 Å². The number of aromatic amines is 1. The molecule has 0 spiro atoms. The van der Waals surface area contributed by atoms with Gasteiger partial charge < -0.3 is 9.72 Å². The van der Waals surface area contributed by atoms with E-state index >= 15 is 0 Å². The molecule has 1 aliphatic rings. The fourth-order valence-electron chi connectivity index (χ4n) is 3.89. The Balaban J connectivity index is 1.31. The van der Waals surface area contributed by atoms with E-state index in [0.29, 0.717) is 6.61 Å². The van der Waals surface area contributed by atoms with Crippen molar-refractivity contribution in [2.75, 3.05) is 19.6 Å². The SMILES string of the molecule is CCN1CC=C(c2ccc3[nH]c(-c4ccc(OCc5ccccc5)cc4)nc3n2)CC1. The molecule has 2 aromatic carbocycles. The molecule has 1 aliphatic heterocycles. The topological polar surface area (TPSA) is 54.0 Å². The zero-order chi connectivity index (χ0) is 21.0. The van der Waals surface area contributed by atoms with Crippen LogP contribution in [0.15, 0.2) is 72.8 Å². The van der Waals surface area contributed by atoms with Crippen molar-refractivity contribution in [2.45, 2.75) is 20.0 Å². The maximum absolute atomic E-state index is 5.89. The number of benzene rings is 2. The van der Waals surface area contributed by atoms with Gasteiger partial charge >= 0.3 is 0 Å².